The first-order valence-corrected chi connectivity index (χ1v) is 7.39. The van der Waals surface area contributed by atoms with E-state index in [4.69, 9.17) is 10.8 Å². The number of rotatable bonds is 4. The van der Waals surface area contributed by atoms with Gasteiger partial charge in [0, 0.05) is 19.4 Å². The Labute approximate surface area is 141 Å². The highest BCUT2D eigenvalue weighted by molar-refractivity contribution is 5.77. The molecule has 0 amide bonds. The molecule has 9 heteroatoms. The molecule has 3 N–H and O–H groups in total. The van der Waals surface area contributed by atoms with Gasteiger partial charge in [0.15, 0.2) is 0 Å². The van der Waals surface area contributed by atoms with Gasteiger partial charge in [0.2, 0.25) is 0 Å². The Morgan fingerprint density at radius 3 is 2.68 bits per heavy atom. The summed E-state index contributed by atoms with van der Waals surface area (Å²) in [5.74, 6) is -0.964. The van der Waals surface area contributed by atoms with Crippen molar-refractivity contribution in [2.75, 3.05) is 0 Å². The van der Waals surface area contributed by atoms with Crippen LogP contribution in [-0.4, -0.2) is 36.2 Å². The highest BCUT2D eigenvalue weighted by atomic mass is 16.4. The number of aliphatic carboxylic acids is 1. The lowest BCUT2D eigenvalue weighted by atomic mass is 10.1. The maximum absolute atomic E-state index is 12.6. The average Bonchev–Trinajstić information content (AvgIpc) is 2.61. The number of carbonyl (C=O) groups is 1. The molecule has 3 aromatic heterocycles. The van der Waals surface area contributed by atoms with Crippen molar-refractivity contribution >= 4 is 16.9 Å². The predicted octanol–water partition coefficient (Wildman–Crippen LogP) is -0.566. The van der Waals surface area contributed by atoms with Crippen molar-refractivity contribution in [1.29, 1.82) is 0 Å². The highest BCUT2D eigenvalue weighted by Crippen LogP contribution is 2.08. The smallest absolute Gasteiger partial charge is 0.337 e. The molecular weight excluding hydrogens is 326 g/mol. The number of carboxylic acids is 1. The third-order valence-electron chi connectivity index (χ3n) is 3.88. The second-order valence-electron chi connectivity index (χ2n) is 5.55. The summed E-state index contributed by atoms with van der Waals surface area (Å²) in [6.07, 6.45) is 4.42. The summed E-state index contributed by atoms with van der Waals surface area (Å²) in [4.78, 5) is 44.0. The van der Waals surface area contributed by atoms with Gasteiger partial charge in [0.25, 0.3) is 5.56 Å². The van der Waals surface area contributed by atoms with Gasteiger partial charge in [-0.1, -0.05) is 6.07 Å². The van der Waals surface area contributed by atoms with E-state index in [0.29, 0.717) is 16.5 Å². The number of nitrogens with zero attached hydrogens (tertiary/aromatic N) is 4. The van der Waals surface area contributed by atoms with E-state index in [2.05, 4.69) is 9.97 Å². The van der Waals surface area contributed by atoms with Gasteiger partial charge in [-0.3, -0.25) is 19.1 Å². The minimum Gasteiger partial charge on any atom is -0.480 e. The lowest BCUT2D eigenvalue weighted by Crippen LogP contribution is -2.38. The molecular formula is C16H15N5O4. The van der Waals surface area contributed by atoms with E-state index < -0.39 is 23.3 Å². The van der Waals surface area contributed by atoms with Gasteiger partial charge < -0.3 is 10.8 Å². The second kappa shape index (κ2) is 6.29. The third kappa shape index (κ3) is 2.92. The van der Waals surface area contributed by atoms with Gasteiger partial charge >= 0.3 is 11.7 Å². The van der Waals surface area contributed by atoms with E-state index >= 15 is 0 Å². The molecule has 0 aliphatic heterocycles. The first-order valence-electron chi connectivity index (χ1n) is 7.39. The summed E-state index contributed by atoms with van der Waals surface area (Å²) in [5.41, 5.74) is 5.46. The van der Waals surface area contributed by atoms with Gasteiger partial charge in [-0.15, -0.1) is 0 Å². The zero-order valence-electron chi connectivity index (χ0n) is 13.3. The zero-order valence-corrected chi connectivity index (χ0v) is 13.3. The van der Waals surface area contributed by atoms with E-state index in [-0.39, 0.29) is 12.2 Å². The van der Waals surface area contributed by atoms with Crippen LogP contribution < -0.4 is 17.0 Å². The molecule has 25 heavy (non-hydrogen) atoms. The molecule has 0 unspecified atom stereocenters. The number of hydrogen-bond donors (Lipinski definition) is 2. The normalized spacial score (nSPS) is 12.2. The van der Waals surface area contributed by atoms with Crippen LogP contribution in [0.1, 0.15) is 5.56 Å². The summed E-state index contributed by atoms with van der Waals surface area (Å²) in [6.45, 7) is 0. The van der Waals surface area contributed by atoms with Crippen molar-refractivity contribution in [3.8, 4) is 5.82 Å². The fourth-order valence-electron chi connectivity index (χ4n) is 2.51. The van der Waals surface area contributed by atoms with Crippen LogP contribution in [0.4, 0.5) is 0 Å². The summed E-state index contributed by atoms with van der Waals surface area (Å²) in [5, 5.41) is 9.18. The molecule has 0 fully saturated rings. The molecule has 0 bridgehead atoms. The van der Waals surface area contributed by atoms with E-state index in [1.165, 1.54) is 35.3 Å². The molecule has 128 valence electrons. The van der Waals surface area contributed by atoms with Crippen molar-refractivity contribution in [3.05, 3.63) is 63.2 Å². The molecule has 3 aromatic rings. The first kappa shape index (κ1) is 16.5. The summed E-state index contributed by atoms with van der Waals surface area (Å²) >= 11 is 0. The van der Waals surface area contributed by atoms with Gasteiger partial charge in [0.05, 0.1) is 17.1 Å². The number of hydrogen-bond acceptors (Lipinski definition) is 6. The number of pyridine rings is 2. The van der Waals surface area contributed by atoms with Crippen LogP contribution in [0.15, 0.2) is 46.4 Å². The standard InChI is InChI=1S/C16H15N5O4/c1-20-12-8-18-5-4-10(12)14(22)21(16(20)25)13-3-2-9(7-19-13)6-11(17)15(23)24/h2-5,7-8,11H,6,17H2,1H3,(H,23,24)/t11-/m0/s1. The fourth-order valence-corrected chi connectivity index (χ4v) is 2.51. The second-order valence-corrected chi connectivity index (χ2v) is 5.55. The van der Waals surface area contributed by atoms with Crippen LogP contribution in [0.3, 0.4) is 0 Å². The minimum atomic E-state index is -1.11. The largest absolute Gasteiger partial charge is 0.480 e. The van der Waals surface area contributed by atoms with Gasteiger partial charge in [-0.25, -0.2) is 14.3 Å². The van der Waals surface area contributed by atoms with Crippen molar-refractivity contribution in [2.24, 2.45) is 12.8 Å². The molecule has 3 rings (SSSR count). The molecule has 1 atom stereocenters. The highest BCUT2D eigenvalue weighted by Gasteiger charge is 2.15. The predicted molar refractivity (Wildman–Crippen MR) is 89.7 cm³/mol. The van der Waals surface area contributed by atoms with E-state index in [1.807, 2.05) is 0 Å². The molecule has 0 aliphatic rings. The number of fused-ring (bicyclic) bond motifs is 1. The number of nitrogens with two attached hydrogens (primary N) is 1. The summed E-state index contributed by atoms with van der Waals surface area (Å²) in [6, 6.07) is 3.57. The zero-order chi connectivity index (χ0) is 18.1. The Morgan fingerprint density at radius 1 is 1.28 bits per heavy atom. The van der Waals surface area contributed by atoms with Gasteiger partial charge in [-0.05, 0) is 24.1 Å². The number of carboxylic acid groups (broad SMARTS) is 1. The topological polar surface area (TPSA) is 133 Å². The van der Waals surface area contributed by atoms with Crippen molar-refractivity contribution in [2.45, 2.75) is 12.5 Å². The van der Waals surface area contributed by atoms with E-state index in [0.717, 1.165) is 4.57 Å². The van der Waals surface area contributed by atoms with E-state index in [9.17, 15) is 14.4 Å². The van der Waals surface area contributed by atoms with Crippen LogP contribution in [0.5, 0.6) is 0 Å². The molecule has 0 saturated carbocycles. The molecule has 0 spiro atoms. The molecule has 0 aliphatic carbocycles. The molecule has 3 heterocycles. The van der Waals surface area contributed by atoms with Crippen LogP contribution in [0, 0.1) is 0 Å². The molecule has 0 aromatic carbocycles. The SMILES string of the molecule is Cn1c(=O)n(-c2ccc(C[C@H](N)C(=O)O)cn2)c(=O)c2ccncc21. The van der Waals surface area contributed by atoms with Gasteiger partial charge in [0.1, 0.15) is 11.9 Å². The lowest BCUT2D eigenvalue weighted by Gasteiger charge is -2.10. The molecule has 0 saturated heterocycles. The van der Waals surface area contributed by atoms with Crippen LogP contribution in [-0.2, 0) is 18.3 Å². The van der Waals surface area contributed by atoms with Crippen LogP contribution in [0.25, 0.3) is 16.7 Å². The quantitative estimate of drug-likeness (QED) is 0.649. The molecule has 0 radical (unpaired) electrons. The Balaban J connectivity index is 2.10. The number of aromatic nitrogens is 4. The van der Waals surface area contributed by atoms with Crippen LogP contribution >= 0.6 is 0 Å². The van der Waals surface area contributed by atoms with Crippen molar-refractivity contribution < 1.29 is 9.90 Å². The number of aryl methyl sites for hydroxylation is 1. The van der Waals surface area contributed by atoms with Crippen molar-refractivity contribution in [3.63, 3.8) is 0 Å². The third-order valence-corrected chi connectivity index (χ3v) is 3.88. The fraction of sp³-hybridized carbons (Fsp3) is 0.188. The Kier molecular flexibility index (Phi) is 4.15. The maximum Gasteiger partial charge on any atom is 0.337 e. The Morgan fingerprint density at radius 2 is 2.04 bits per heavy atom. The average molecular weight is 341 g/mol. The summed E-state index contributed by atoms with van der Waals surface area (Å²) < 4.78 is 2.28. The van der Waals surface area contributed by atoms with Crippen molar-refractivity contribution in [1.82, 2.24) is 19.1 Å². The Bertz CT molecular complexity index is 1070. The maximum atomic E-state index is 12.6. The van der Waals surface area contributed by atoms with E-state index in [1.54, 1.807) is 13.1 Å². The minimum absolute atomic E-state index is 0.0961. The summed E-state index contributed by atoms with van der Waals surface area (Å²) in [7, 11) is 1.54. The molecule has 9 nitrogen and oxygen atoms in total. The van der Waals surface area contributed by atoms with Crippen LogP contribution in [0.2, 0.25) is 0 Å². The van der Waals surface area contributed by atoms with Gasteiger partial charge in [-0.2, -0.15) is 0 Å². The Hall–Kier alpha value is -3.33. The lowest BCUT2D eigenvalue weighted by molar-refractivity contribution is -0.138. The first-order chi connectivity index (χ1) is 11.9. The monoisotopic (exact) mass is 341 g/mol.